The van der Waals surface area contributed by atoms with E-state index in [0.29, 0.717) is 35.5 Å². The van der Waals surface area contributed by atoms with Crippen LogP contribution in [0.3, 0.4) is 0 Å². The fraction of sp³-hybridized carbons (Fsp3) is 0.864. The molecule has 0 N–H and O–H groups in total. The quantitative estimate of drug-likeness (QED) is 0.701. The number of hydrogen-bond donors (Lipinski definition) is 0. The van der Waals surface area contributed by atoms with Gasteiger partial charge in [0.15, 0.2) is 0 Å². The molecule has 1 saturated heterocycles. The van der Waals surface area contributed by atoms with Crippen molar-refractivity contribution < 1.29 is 19.0 Å². The number of likely N-dealkylation sites (tertiary alicyclic amines) is 1. The van der Waals surface area contributed by atoms with Gasteiger partial charge in [-0.25, -0.2) is 4.79 Å². The smallest absolute Gasteiger partial charge is 0.409 e. The van der Waals surface area contributed by atoms with Gasteiger partial charge >= 0.3 is 6.09 Å². The molecule has 5 saturated carbocycles. The van der Waals surface area contributed by atoms with E-state index in [1.807, 2.05) is 14.2 Å². The van der Waals surface area contributed by atoms with E-state index in [9.17, 15) is 4.79 Å². The maximum atomic E-state index is 12.9. The van der Waals surface area contributed by atoms with Crippen molar-refractivity contribution in [2.45, 2.75) is 43.4 Å². The summed E-state index contributed by atoms with van der Waals surface area (Å²) in [5, 5.41) is 0. The van der Waals surface area contributed by atoms with Crippen LogP contribution in [-0.2, 0) is 14.2 Å². The van der Waals surface area contributed by atoms with Crippen LogP contribution in [0.15, 0.2) is 12.2 Å². The molecule has 1 aliphatic heterocycles. The molecule has 11 atom stereocenters. The largest absolute Gasteiger partial charge is 0.453 e. The molecule has 146 valence electrons. The number of nitrogens with zero attached hydrogens (tertiary/aromatic N) is 1. The molecule has 0 aromatic rings. The molecular weight excluding hydrogens is 342 g/mol. The Balaban J connectivity index is 1.46. The molecular formula is C22H29NO4. The van der Waals surface area contributed by atoms with Gasteiger partial charge in [-0.1, -0.05) is 12.2 Å². The van der Waals surface area contributed by atoms with Crippen LogP contribution in [0.1, 0.15) is 25.7 Å². The molecule has 1 heterocycles. The molecule has 1 amide bonds. The molecule has 0 aromatic carbocycles. The first-order valence-electron chi connectivity index (χ1n) is 10.7. The van der Waals surface area contributed by atoms with E-state index in [2.05, 4.69) is 17.1 Å². The van der Waals surface area contributed by atoms with Crippen molar-refractivity contribution in [2.24, 2.45) is 46.3 Å². The fourth-order valence-corrected chi connectivity index (χ4v) is 10.7. The molecule has 7 aliphatic rings. The Labute approximate surface area is 160 Å². The Hall–Kier alpha value is -1.07. The molecule has 7 rings (SSSR count). The predicted molar refractivity (Wildman–Crippen MR) is 96.9 cm³/mol. The number of hydrogen-bond acceptors (Lipinski definition) is 4. The number of rotatable bonds is 2. The first-order valence-corrected chi connectivity index (χ1v) is 10.7. The summed E-state index contributed by atoms with van der Waals surface area (Å²) >= 11 is 0. The summed E-state index contributed by atoms with van der Waals surface area (Å²) in [5.41, 5.74) is 0.345. The van der Waals surface area contributed by atoms with Crippen LogP contribution < -0.4 is 0 Å². The highest BCUT2D eigenvalue weighted by Crippen LogP contribution is 2.94. The Morgan fingerprint density at radius 3 is 2.67 bits per heavy atom. The van der Waals surface area contributed by atoms with Crippen LogP contribution in [0, 0.1) is 46.3 Å². The first kappa shape index (κ1) is 15.8. The number of carbonyl (C=O) groups excluding carboxylic acids is 1. The van der Waals surface area contributed by atoms with E-state index in [1.54, 1.807) is 0 Å². The summed E-state index contributed by atoms with van der Waals surface area (Å²) in [5.74, 6) is 3.56. The lowest BCUT2D eigenvalue weighted by Crippen LogP contribution is -2.65. The second kappa shape index (κ2) is 4.40. The van der Waals surface area contributed by atoms with Gasteiger partial charge in [-0.15, -0.1) is 0 Å². The second-order valence-electron chi connectivity index (χ2n) is 10.3. The molecule has 0 radical (unpaired) electrons. The Bertz CT molecular complexity index is 782. The van der Waals surface area contributed by atoms with E-state index in [0.717, 1.165) is 13.0 Å². The zero-order valence-corrected chi connectivity index (χ0v) is 16.4. The molecule has 6 fully saturated rings. The van der Waals surface area contributed by atoms with Gasteiger partial charge in [-0.3, -0.25) is 0 Å². The van der Waals surface area contributed by atoms with E-state index < -0.39 is 0 Å². The lowest BCUT2D eigenvalue weighted by atomic mass is 9.51. The van der Waals surface area contributed by atoms with E-state index in [1.165, 1.54) is 26.4 Å². The van der Waals surface area contributed by atoms with Crippen LogP contribution in [0.5, 0.6) is 0 Å². The molecule has 27 heavy (non-hydrogen) atoms. The summed E-state index contributed by atoms with van der Waals surface area (Å²) in [4.78, 5) is 15.0. The molecule has 0 unspecified atom stereocenters. The monoisotopic (exact) mass is 371 g/mol. The van der Waals surface area contributed by atoms with Gasteiger partial charge in [0.25, 0.3) is 0 Å². The predicted octanol–water partition coefficient (Wildman–Crippen LogP) is 2.71. The number of ether oxygens (including phenoxy) is 3. The normalized spacial score (nSPS) is 62.6. The standard InChI is InChI=1S/C22H29NO4/c1-25-17-7-4-11-10-23(19(24)26-2)18-14-9-13(11)20(17,18)16-8-12-5-6-15-21(14,16)22(12,15)27-3/h5-6,11-18H,4,7-10H2,1-3H3/t11-,12+,13+,14-,15-,16-,17-,18+,20-,21-,22+/m1/s1. The molecule has 6 aliphatic carbocycles. The topological polar surface area (TPSA) is 48.0 Å². The maximum Gasteiger partial charge on any atom is 0.409 e. The third-order valence-corrected chi connectivity index (χ3v) is 10.7. The third-order valence-electron chi connectivity index (χ3n) is 10.7. The average molecular weight is 371 g/mol. The minimum absolute atomic E-state index is 0.00637. The average Bonchev–Trinajstić information content (AvgIpc) is 2.91. The molecule has 5 nitrogen and oxygen atoms in total. The zero-order chi connectivity index (χ0) is 18.3. The molecule has 5 bridgehead atoms. The van der Waals surface area contributed by atoms with Crippen LogP contribution in [-0.4, -0.2) is 56.6 Å². The van der Waals surface area contributed by atoms with Crippen molar-refractivity contribution in [2.75, 3.05) is 27.9 Å². The Kier molecular flexibility index (Phi) is 2.58. The second-order valence-corrected chi connectivity index (χ2v) is 10.3. The number of methoxy groups -OCH3 is 3. The van der Waals surface area contributed by atoms with Gasteiger partial charge in [0.2, 0.25) is 0 Å². The summed E-state index contributed by atoms with van der Waals surface area (Å²) in [6, 6.07) is 0.272. The van der Waals surface area contributed by atoms with E-state index in [4.69, 9.17) is 14.2 Å². The SMILES string of the molecule is COC(=O)N1C[C@H]2CC[C@@H](OC)[C@@]34[C@@H]1[C@@H](C[C@@H]23)[C@]12[C@@H]4C[C@@H]3C=C[C@H]1[C@@]32OC. The summed E-state index contributed by atoms with van der Waals surface area (Å²) < 4.78 is 17.9. The maximum absolute atomic E-state index is 12.9. The van der Waals surface area contributed by atoms with Gasteiger partial charge in [0.1, 0.15) is 0 Å². The highest BCUT2D eigenvalue weighted by atomic mass is 16.5. The molecule has 0 aromatic heterocycles. The minimum Gasteiger partial charge on any atom is -0.453 e. The fourth-order valence-electron chi connectivity index (χ4n) is 10.7. The van der Waals surface area contributed by atoms with Gasteiger partial charge in [-0.05, 0) is 49.4 Å². The van der Waals surface area contributed by atoms with Crippen LogP contribution in [0.4, 0.5) is 4.79 Å². The number of carbonyl (C=O) groups is 1. The Morgan fingerprint density at radius 1 is 1.11 bits per heavy atom. The van der Waals surface area contributed by atoms with Crippen LogP contribution in [0.2, 0.25) is 0 Å². The minimum atomic E-state index is -0.128. The van der Waals surface area contributed by atoms with Crippen LogP contribution in [0.25, 0.3) is 0 Å². The number of piperidine rings is 1. The number of amides is 1. The van der Waals surface area contributed by atoms with Crippen molar-refractivity contribution in [1.29, 1.82) is 0 Å². The van der Waals surface area contributed by atoms with Gasteiger partial charge < -0.3 is 19.1 Å². The first-order chi connectivity index (χ1) is 13.1. The van der Waals surface area contributed by atoms with Gasteiger partial charge in [0, 0.05) is 49.5 Å². The van der Waals surface area contributed by atoms with Crippen molar-refractivity contribution in [1.82, 2.24) is 4.90 Å². The summed E-state index contributed by atoms with van der Waals surface area (Å²) in [6.45, 7) is 0.878. The van der Waals surface area contributed by atoms with Crippen LogP contribution >= 0.6 is 0 Å². The third kappa shape index (κ3) is 1.19. The van der Waals surface area contributed by atoms with E-state index >= 15 is 0 Å². The van der Waals surface area contributed by atoms with Crippen molar-refractivity contribution in [3.8, 4) is 0 Å². The van der Waals surface area contributed by atoms with Crippen molar-refractivity contribution in [3.63, 3.8) is 0 Å². The Morgan fingerprint density at radius 2 is 1.96 bits per heavy atom. The summed E-state index contributed by atoms with van der Waals surface area (Å²) in [7, 11) is 5.36. The highest BCUT2D eigenvalue weighted by molar-refractivity contribution is 5.69. The molecule has 2 spiro atoms. The van der Waals surface area contributed by atoms with Gasteiger partial charge in [0.05, 0.1) is 18.8 Å². The van der Waals surface area contributed by atoms with Crippen molar-refractivity contribution in [3.05, 3.63) is 12.2 Å². The van der Waals surface area contributed by atoms with Gasteiger partial charge in [-0.2, -0.15) is 0 Å². The van der Waals surface area contributed by atoms with Crippen molar-refractivity contribution >= 4 is 6.09 Å². The zero-order valence-electron chi connectivity index (χ0n) is 16.4. The lowest BCUT2D eigenvalue weighted by molar-refractivity contribution is -0.170. The van der Waals surface area contributed by atoms with E-state index in [-0.39, 0.29) is 34.7 Å². The summed E-state index contributed by atoms with van der Waals surface area (Å²) in [6.07, 6.45) is 9.82. The highest BCUT2D eigenvalue weighted by Gasteiger charge is 2.98. The lowest BCUT2D eigenvalue weighted by Gasteiger charge is -2.59. The molecule has 5 heteroatoms.